The molecule has 0 spiro atoms. The van der Waals surface area contributed by atoms with Crippen LogP contribution in [0, 0.1) is 6.92 Å². The van der Waals surface area contributed by atoms with Gasteiger partial charge in [0.05, 0.1) is 0 Å². The first-order chi connectivity index (χ1) is 6.48. The molecule has 0 fully saturated rings. The summed E-state index contributed by atoms with van der Waals surface area (Å²) in [6, 6.07) is 5.92. The van der Waals surface area contributed by atoms with E-state index in [0.717, 1.165) is 23.1 Å². The lowest BCUT2D eigenvalue weighted by atomic mass is 10.1. The van der Waals surface area contributed by atoms with Gasteiger partial charge < -0.3 is 0 Å². The summed E-state index contributed by atoms with van der Waals surface area (Å²) in [4.78, 5) is 0. The molecular formula is C10H11ClO2S. The second-order valence-corrected chi connectivity index (χ2v) is 6.52. The highest BCUT2D eigenvalue weighted by atomic mass is 35.7. The fourth-order valence-electron chi connectivity index (χ4n) is 1.98. The molecule has 0 amide bonds. The lowest BCUT2D eigenvalue weighted by Gasteiger charge is -2.07. The van der Waals surface area contributed by atoms with E-state index in [2.05, 4.69) is 0 Å². The third-order valence-electron chi connectivity index (χ3n) is 2.66. The van der Waals surface area contributed by atoms with Crippen molar-refractivity contribution in [2.24, 2.45) is 0 Å². The van der Waals surface area contributed by atoms with Crippen molar-refractivity contribution in [1.82, 2.24) is 0 Å². The predicted molar refractivity (Wildman–Crippen MR) is 57.0 cm³/mol. The van der Waals surface area contributed by atoms with E-state index in [0.29, 0.717) is 6.42 Å². The zero-order valence-corrected chi connectivity index (χ0v) is 9.40. The molecule has 1 aliphatic rings. The van der Waals surface area contributed by atoms with Crippen LogP contribution in [0.1, 0.15) is 28.4 Å². The van der Waals surface area contributed by atoms with Crippen molar-refractivity contribution >= 4 is 19.7 Å². The van der Waals surface area contributed by atoms with Crippen molar-refractivity contribution in [2.75, 3.05) is 0 Å². The van der Waals surface area contributed by atoms with Gasteiger partial charge in [0.25, 0.3) is 0 Å². The minimum atomic E-state index is -3.46. The number of aryl methyl sites for hydroxylation is 2. The number of hydrogen-bond acceptors (Lipinski definition) is 2. The molecule has 1 aromatic carbocycles. The van der Waals surface area contributed by atoms with Gasteiger partial charge in [-0.1, -0.05) is 23.8 Å². The van der Waals surface area contributed by atoms with Gasteiger partial charge in [-0.3, -0.25) is 0 Å². The Hall–Kier alpha value is -0.540. The number of benzene rings is 1. The zero-order valence-electron chi connectivity index (χ0n) is 7.83. The molecule has 1 aliphatic carbocycles. The Morgan fingerprint density at radius 1 is 1.43 bits per heavy atom. The highest BCUT2D eigenvalue weighted by Gasteiger charge is 2.31. The van der Waals surface area contributed by atoms with E-state index in [1.54, 1.807) is 0 Å². The Morgan fingerprint density at radius 3 is 2.79 bits per heavy atom. The molecule has 1 unspecified atom stereocenters. The summed E-state index contributed by atoms with van der Waals surface area (Å²) in [5.74, 6) is 0. The maximum absolute atomic E-state index is 11.3. The van der Waals surface area contributed by atoms with Gasteiger partial charge in [0, 0.05) is 10.7 Å². The maximum Gasteiger partial charge on any atom is 0.239 e. The molecule has 0 saturated carbocycles. The number of fused-ring (bicyclic) bond motifs is 1. The molecule has 14 heavy (non-hydrogen) atoms. The van der Waals surface area contributed by atoms with Crippen LogP contribution in [-0.2, 0) is 15.5 Å². The van der Waals surface area contributed by atoms with Gasteiger partial charge in [0.1, 0.15) is 5.25 Å². The fourth-order valence-corrected chi connectivity index (χ4v) is 3.45. The number of halogens is 1. The molecule has 0 heterocycles. The normalized spacial score (nSPS) is 20.9. The molecule has 2 nitrogen and oxygen atoms in total. The molecule has 1 atom stereocenters. The SMILES string of the molecule is Cc1ccc2c(c1)C(S(=O)(=O)Cl)CC2. The van der Waals surface area contributed by atoms with E-state index in [1.165, 1.54) is 0 Å². The topological polar surface area (TPSA) is 34.1 Å². The number of rotatable bonds is 1. The van der Waals surface area contributed by atoms with Gasteiger partial charge >= 0.3 is 0 Å². The third kappa shape index (κ3) is 1.66. The van der Waals surface area contributed by atoms with E-state index in [-0.39, 0.29) is 0 Å². The molecule has 0 N–H and O–H groups in total. The molecule has 4 heteroatoms. The molecule has 76 valence electrons. The predicted octanol–water partition coefficient (Wildman–Crippen LogP) is 2.55. The van der Waals surface area contributed by atoms with Crippen LogP contribution in [0.15, 0.2) is 18.2 Å². The Morgan fingerprint density at radius 2 is 2.14 bits per heavy atom. The Bertz CT molecular complexity index is 465. The van der Waals surface area contributed by atoms with E-state index in [1.807, 2.05) is 25.1 Å². The van der Waals surface area contributed by atoms with Gasteiger partial charge in [-0.25, -0.2) is 8.42 Å². The standard InChI is InChI=1S/C10H11ClO2S/c1-7-2-3-8-4-5-10(9(8)6-7)14(11,12)13/h2-3,6,10H,4-5H2,1H3. The summed E-state index contributed by atoms with van der Waals surface area (Å²) in [5, 5.41) is -0.501. The Labute approximate surface area is 88.3 Å². The largest absolute Gasteiger partial charge is 0.239 e. The highest BCUT2D eigenvalue weighted by Crippen LogP contribution is 2.39. The van der Waals surface area contributed by atoms with Gasteiger partial charge in [-0.2, -0.15) is 0 Å². The Balaban J connectivity index is 2.54. The van der Waals surface area contributed by atoms with Crippen molar-refractivity contribution in [1.29, 1.82) is 0 Å². The first-order valence-electron chi connectivity index (χ1n) is 4.51. The van der Waals surface area contributed by atoms with Crippen LogP contribution < -0.4 is 0 Å². The van der Waals surface area contributed by atoms with E-state index in [9.17, 15) is 8.42 Å². The van der Waals surface area contributed by atoms with Crippen molar-refractivity contribution in [3.63, 3.8) is 0 Å². The molecular weight excluding hydrogens is 220 g/mol. The smallest absolute Gasteiger partial charge is 0.212 e. The van der Waals surface area contributed by atoms with Crippen molar-refractivity contribution in [2.45, 2.75) is 25.0 Å². The van der Waals surface area contributed by atoms with Gasteiger partial charge in [0.2, 0.25) is 9.05 Å². The lowest BCUT2D eigenvalue weighted by Crippen LogP contribution is -2.03. The average molecular weight is 231 g/mol. The van der Waals surface area contributed by atoms with Gasteiger partial charge in [0.15, 0.2) is 0 Å². The van der Waals surface area contributed by atoms with Crippen LogP contribution in [0.25, 0.3) is 0 Å². The average Bonchev–Trinajstić information content (AvgIpc) is 2.45. The summed E-state index contributed by atoms with van der Waals surface area (Å²) in [7, 11) is 1.93. The molecule has 1 aromatic rings. The third-order valence-corrected chi connectivity index (χ3v) is 4.48. The summed E-state index contributed by atoms with van der Waals surface area (Å²) in [5.41, 5.74) is 3.08. The monoisotopic (exact) mass is 230 g/mol. The molecule has 0 aromatic heterocycles. The summed E-state index contributed by atoms with van der Waals surface area (Å²) < 4.78 is 22.5. The van der Waals surface area contributed by atoms with E-state index in [4.69, 9.17) is 10.7 Å². The molecule has 0 radical (unpaired) electrons. The van der Waals surface area contributed by atoms with Crippen LogP contribution >= 0.6 is 10.7 Å². The lowest BCUT2D eigenvalue weighted by molar-refractivity contribution is 0.595. The van der Waals surface area contributed by atoms with Crippen LogP contribution in [0.5, 0.6) is 0 Å². The van der Waals surface area contributed by atoms with Gasteiger partial charge in [-0.15, -0.1) is 0 Å². The summed E-state index contributed by atoms with van der Waals surface area (Å²) in [6.45, 7) is 1.95. The first kappa shape index (κ1) is 9.99. The Kier molecular flexibility index (Phi) is 2.32. The van der Waals surface area contributed by atoms with Crippen molar-refractivity contribution < 1.29 is 8.42 Å². The van der Waals surface area contributed by atoms with E-state index < -0.39 is 14.3 Å². The van der Waals surface area contributed by atoms with Crippen LogP contribution in [0.3, 0.4) is 0 Å². The van der Waals surface area contributed by atoms with Crippen molar-refractivity contribution in [3.05, 3.63) is 34.9 Å². The quantitative estimate of drug-likeness (QED) is 0.695. The summed E-state index contributed by atoms with van der Waals surface area (Å²) in [6.07, 6.45) is 1.43. The highest BCUT2D eigenvalue weighted by molar-refractivity contribution is 8.13. The minimum absolute atomic E-state index is 0.501. The first-order valence-corrected chi connectivity index (χ1v) is 6.88. The van der Waals surface area contributed by atoms with Crippen LogP contribution in [0.4, 0.5) is 0 Å². The second kappa shape index (κ2) is 3.24. The van der Waals surface area contributed by atoms with Crippen molar-refractivity contribution in [3.8, 4) is 0 Å². The maximum atomic E-state index is 11.3. The fraction of sp³-hybridized carbons (Fsp3) is 0.400. The van der Waals surface area contributed by atoms with Gasteiger partial charge in [-0.05, 0) is 30.9 Å². The second-order valence-electron chi connectivity index (χ2n) is 3.71. The molecule has 2 rings (SSSR count). The zero-order chi connectivity index (χ0) is 10.3. The van der Waals surface area contributed by atoms with Crippen LogP contribution in [-0.4, -0.2) is 8.42 Å². The molecule has 0 aliphatic heterocycles. The minimum Gasteiger partial charge on any atom is -0.212 e. The molecule has 0 saturated heterocycles. The van der Waals surface area contributed by atoms with Crippen LogP contribution in [0.2, 0.25) is 0 Å². The summed E-state index contributed by atoms with van der Waals surface area (Å²) >= 11 is 0. The van der Waals surface area contributed by atoms with E-state index >= 15 is 0 Å². The molecule has 0 bridgehead atoms. The number of hydrogen-bond donors (Lipinski definition) is 0.